The Hall–Kier alpha value is -2.83. The van der Waals surface area contributed by atoms with Gasteiger partial charge in [0.1, 0.15) is 0 Å². The first-order valence-electron chi connectivity index (χ1n) is 7.66. The summed E-state index contributed by atoms with van der Waals surface area (Å²) in [5.74, 6) is 0. The fourth-order valence-corrected chi connectivity index (χ4v) is 2.74. The number of nitrogens with zero attached hydrogens (tertiary/aromatic N) is 2. The minimum absolute atomic E-state index is 0.400. The van der Waals surface area contributed by atoms with Gasteiger partial charge in [0.15, 0.2) is 0 Å². The highest BCUT2D eigenvalue weighted by molar-refractivity contribution is 5.82. The maximum Gasteiger partial charge on any atom is 0.0871 e. The van der Waals surface area contributed by atoms with Crippen molar-refractivity contribution in [3.05, 3.63) is 77.9 Å². The molecule has 0 aliphatic carbocycles. The molecular weight excluding hydrogens is 282 g/mol. The van der Waals surface area contributed by atoms with E-state index in [1.54, 1.807) is 0 Å². The highest BCUT2D eigenvalue weighted by Crippen LogP contribution is 2.18. The average molecular weight is 301 g/mol. The summed E-state index contributed by atoms with van der Waals surface area (Å²) in [4.78, 5) is 2.13. The molecule has 0 heterocycles. The molecule has 3 aromatic rings. The van der Waals surface area contributed by atoms with Crippen molar-refractivity contribution in [3.8, 4) is 6.07 Å². The van der Waals surface area contributed by atoms with E-state index >= 15 is 0 Å². The minimum Gasteiger partial charge on any atom is -0.399 e. The van der Waals surface area contributed by atoms with E-state index in [1.807, 2.05) is 36.4 Å². The average Bonchev–Trinajstić information content (AvgIpc) is 2.57. The third-order valence-corrected chi connectivity index (χ3v) is 3.90. The zero-order valence-corrected chi connectivity index (χ0v) is 12.9. The zero-order chi connectivity index (χ0) is 16.1. The molecule has 0 radical (unpaired) electrons. The van der Waals surface area contributed by atoms with Crippen LogP contribution in [0.3, 0.4) is 0 Å². The Kier molecular flexibility index (Phi) is 4.56. The number of nitriles is 1. The molecule has 0 bridgehead atoms. The van der Waals surface area contributed by atoms with E-state index in [0.29, 0.717) is 6.54 Å². The van der Waals surface area contributed by atoms with Crippen molar-refractivity contribution >= 4 is 16.5 Å². The lowest BCUT2D eigenvalue weighted by atomic mass is 10.1. The lowest BCUT2D eigenvalue weighted by Gasteiger charge is -2.19. The van der Waals surface area contributed by atoms with Crippen molar-refractivity contribution in [2.24, 2.45) is 0 Å². The van der Waals surface area contributed by atoms with Gasteiger partial charge >= 0.3 is 0 Å². The van der Waals surface area contributed by atoms with Crippen molar-refractivity contribution in [1.29, 1.82) is 5.26 Å². The molecule has 0 aromatic heterocycles. The van der Waals surface area contributed by atoms with Gasteiger partial charge in [0, 0.05) is 18.8 Å². The van der Waals surface area contributed by atoms with E-state index in [4.69, 9.17) is 11.0 Å². The third-order valence-electron chi connectivity index (χ3n) is 3.90. The quantitative estimate of drug-likeness (QED) is 0.573. The van der Waals surface area contributed by atoms with E-state index in [1.165, 1.54) is 16.3 Å². The normalized spacial score (nSPS) is 10.8. The SMILES string of the molecule is N#CCN(Cc1ccc(N)cc1)Cc1ccc2ccccc2c1. The molecular formula is C20H19N3. The highest BCUT2D eigenvalue weighted by Gasteiger charge is 2.07. The second-order valence-corrected chi connectivity index (χ2v) is 5.73. The van der Waals surface area contributed by atoms with Gasteiger partial charge in [-0.05, 0) is 40.1 Å². The van der Waals surface area contributed by atoms with Gasteiger partial charge in [-0.25, -0.2) is 0 Å². The Balaban J connectivity index is 1.77. The molecule has 0 fully saturated rings. The summed E-state index contributed by atoms with van der Waals surface area (Å²) in [7, 11) is 0. The number of anilines is 1. The maximum absolute atomic E-state index is 9.10. The Morgan fingerprint density at radius 1 is 0.826 bits per heavy atom. The summed E-state index contributed by atoms with van der Waals surface area (Å²) < 4.78 is 0. The monoisotopic (exact) mass is 301 g/mol. The van der Waals surface area contributed by atoms with Crippen LogP contribution < -0.4 is 5.73 Å². The predicted octanol–water partition coefficient (Wildman–Crippen LogP) is 3.95. The molecule has 0 saturated carbocycles. The standard InChI is InChI=1S/C20H19N3/c21-11-12-23(14-16-6-9-20(22)10-7-16)15-17-5-8-18-3-1-2-4-19(18)13-17/h1-10,13H,12,14-15,22H2. The number of nitrogen functional groups attached to an aromatic ring is 1. The summed E-state index contributed by atoms with van der Waals surface area (Å²) in [5, 5.41) is 11.6. The van der Waals surface area contributed by atoms with Crippen molar-refractivity contribution in [3.63, 3.8) is 0 Å². The number of hydrogen-bond acceptors (Lipinski definition) is 3. The van der Waals surface area contributed by atoms with Gasteiger partial charge in [-0.1, -0.05) is 48.5 Å². The fourth-order valence-electron chi connectivity index (χ4n) is 2.74. The molecule has 0 aliphatic rings. The summed E-state index contributed by atoms with van der Waals surface area (Å²) >= 11 is 0. The molecule has 3 nitrogen and oxygen atoms in total. The minimum atomic E-state index is 0.400. The van der Waals surface area contributed by atoms with Gasteiger partial charge in [0.25, 0.3) is 0 Å². The predicted molar refractivity (Wildman–Crippen MR) is 94.5 cm³/mol. The molecule has 23 heavy (non-hydrogen) atoms. The smallest absolute Gasteiger partial charge is 0.0871 e. The van der Waals surface area contributed by atoms with Gasteiger partial charge in [0.2, 0.25) is 0 Å². The lowest BCUT2D eigenvalue weighted by molar-refractivity contribution is 0.289. The summed E-state index contributed by atoms with van der Waals surface area (Å²) in [5.41, 5.74) is 8.87. The zero-order valence-electron chi connectivity index (χ0n) is 12.9. The number of hydrogen-bond donors (Lipinski definition) is 1. The topological polar surface area (TPSA) is 53.0 Å². The Morgan fingerprint density at radius 2 is 1.48 bits per heavy atom. The molecule has 3 heteroatoms. The highest BCUT2D eigenvalue weighted by atomic mass is 15.1. The molecule has 3 rings (SSSR count). The molecule has 0 spiro atoms. The number of fused-ring (bicyclic) bond motifs is 1. The van der Waals surface area contributed by atoms with E-state index in [0.717, 1.165) is 24.3 Å². The molecule has 0 amide bonds. The van der Waals surface area contributed by atoms with E-state index in [9.17, 15) is 0 Å². The van der Waals surface area contributed by atoms with Crippen LogP contribution in [0.1, 0.15) is 11.1 Å². The first kappa shape index (κ1) is 15.1. The molecule has 0 aliphatic heterocycles. The first-order chi connectivity index (χ1) is 11.2. The van der Waals surface area contributed by atoms with Crippen LogP contribution in [-0.4, -0.2) is 11.4 Å². The molecule has 114 valence electrons. The van der Waals surface area contributed by atoms with E-state index < -0.39 is 0 Å². The lowest BCUT2D eigenvalue weighted by Crippen LogP contribution is -2.23. The number of nitrogens with two attached hydrogens (primary N) is 1. The second kappa shape index (κ2) is 6.95. The van der Waals surface area contributed by atoms with Gasteiger partial charge in [0.05, 0.1) is 12.6 Å². The van der Waals surface area contributed by atoms with Crippen LogP contribution in [0.5, 0.6) is 0 Å². The van der Waals surface area contributed by atoms with Crippen molar-refractivity contribution in [2.75, 3.05) is 12.3 Å². The van der Waals surface area contributed by atoms with Crippen molar-refractivity contribution < 1.29 is 0 Å². The Labute approximate surface area is 136 Å². The van der Waals surface area contributed by atoms with Crippen LogP contribution in [0, 0.1) is 11.3 Å². The van der Waals surface area contributed by atoms with Gasteiger partial charge in [-0.3, -0.25) is 4.90 Å². The van der Waals surface area contributed by atoms with E-state index in [-0.39, 0.29) is 0 Å². The van der Waals surface area contributed by atoms with Crippen LogP contribution in [0.4, 0.5) is 5.69 Å². The van der Waals surface area contributed by atoms with Gasteiger partial charge < -0.3 is 5.73 Å². The first-order valence-corrected chi connectivity index (χ1v) is 7.66. The van der Waals surface area contributed by atoms with Crippen LogP contribution in [0.2, 0.25) is 0 Å². The molecule has 2 N–H and O–H groups in total. The fraction of sp³-hybridized carbons (Fsp3) is 0.150. The van der Waals surface area contributed by atoms with Crippen LogP contribution in [-0.2, 0) is 13.1 Å². The van der Waals surface area contributed by atoms with Crippen LogP contribution in [0.25, 0.3) is 10.8 Å². The summed E-state index contributed by atoms with van der Waals surface area (Å²) in [6, 6.07) is 24.9. The molecule has 3 aromatic carbocycles. The molecule has 0 saturated heterocycles. The Bertz CT molecular complexity index is 831. The Morgan fingerprint density at radius 3 is 2.22 bits per heavy atom. The molecule has 0 unspecified atom stereocenters. The number of benzene rings is 3. The summed E-state index contributed by atoms with van der Waals surface area (Å²) in [6.45, 7) is 1.89. The summed E-state index contributed by atoms with van der Waals surface area (Å²) in [6.07, 6.45) is 0. The largest absolute Gasteiger partial charge is 0.399 e. The van der Waals surface area contributed by atoms with Gasteiger partial charge in [-0.2, -0.15) is 5.26 Å². The number of rotatable bonds is 5. The van der Waals surface area contributed by atoms with Crippen LogP contribution >= 0.6 is 0 Å². The van der Waals surface area contributed by atoms with Crippen LogP contribution in [0.15, 0.2) is 66.7 Å². The third kappa shape index (κ3) is 3.88. The van der Waals surface area contributed by atoms with E-state index in [2.05, 4.69) is 41.3 Å². The maximum atomic E-state index is 9.10. The van der Waals surface area contributed by atoms with Crippen molar-refractivity contribution in [1.82, 2.24) is 4.90 Å². The molecule has 0 atom stereocenters. The second-order valence-electron chi connectivity index (χ2n) is 5.73. The van der Waals surface area contributed by atoms with Gasteiger partial charge in [-0.15, -0.1) is 0 Å². The van der Waals surface area contributed by atoms with Crippen molar-refractivity contribution in [2.45, 2.75) is 13.1 Å².